The van der Waals surface area contributed by atoms with Gasteiger partial charge in [-0.2, -0.15) is 0 Å². The first kappa shape index (κ1) is 14.3. The lowest BCUT2D eigenvalue weighted by molar-refractivity contribution is -0.165. The molecule has 1 rings (SSSR count). The Hall–Kier alpha value is -1.72. The van der Waals surface area contributed by atoms with Gasteiger partial charge in [-0.05, 0) is 10.4 Å². The minimum absolute atomic E-state index is 0.440. The van der Waals surface area contributed by atoms with Crippen LogP contribution in [0.1, 0.15) is 0 Å². The van der Waals surface area contributed by atoms with Gasteiger partial charge in [-0.1, -0.05) is 0 Å². The SMILES string of the molecule is O=C(O)C(O)C(O)C(=O)O.Sc1nnn[nH]1. The fraction of sp³-hybridized carbons (Fsp3) is 0.400. The van der Waals surface area contributed by atoms with Crippen LogP contribution >= 0.6 is 12.6 Å². The predicted octanol–water partition coefficient (Wildman–Crippen LogP) is -2.63. The highest BCUT2D eigenvalue weighted by atomic mass is 32.1. The van der Waals surface area contributed by atoms with Crippen LogP contribution < -0.4 is 0 Å². The van der Waals surface area contributed by atoms with E-state index in [1.165, 1.54) is 0 Å². The van der Waals surface area contributed by atoms with E-state index in [9.17, 15) is 9.59 Å². The molecule has 0 saturated carbocycles. The summed E-state index contributed by atoms with van der Waals surface area (Å²) >= 11 is 3.74. The van der Waals surface area contributed by atoms with E-state index < -0.39 is 24.1 Å². The van der Waals surface area contributed by atoms with Crippen molar-refractivity contribution < 1.29 is 30.0 Å². The average Bonchev–Trinajstić information content (AvgIpc) is 2.67. The van der Waals surface area contributed by atoms with Crippen LogP contribution in [-0.2, 0) is 9.59 Å². The molecule has 1 aromatic heterocycles. The number of carboxylic acids is 2. The van der Waals surface area contributed by atoms with E-state index in [0.717, 1.165) is 0 Å². The molecule has 16 heavy (non-hydrogen) atoms. The summed E-state index contributed by atoms with van der Waals surface area (Å²) < 4.78 is 0. The first-order chi connectivity index (χ1) is 7.36. The number of nitrogens with zero attached hydrogens (tertiary/aromatic N) is 3. The van der Waals surface area contributed by atoms with Crippen molar-refractivity contribution in [3.63, 3.8) is 0 Å². The first-order valence-electron chi connectivity index (χ1n) is 3.60. The van der Waals surface area contributed by atoms with Crippen LogP contribution in [0.2, 0.25) is 0 Å². The molecule has 0 radical (unpaired) electrons. The van der Waals surface area contributed by atoms with Crippen molar-refractivity contribution in [3.05, 3.63) is 0 Å². The largest absolute Gasteiger partial charge is 0.479 e. The maximum absolute atomic E-state index is 9.77. The van der Waals surface area contributed by atoms with E-state index in [1.807, 2.05) is 0 Å². The molecular formula is C5H8N4O6S. The quantitative estimate of drug-likeness (QED) is 0.315. The monoisotopic (exact) mass is 252 g/mol. The molecular weight excluding hydrogens is 244 g/mol. The Kier molecular flexibility index (Phi) is 5.99. The van der Waals surface area contributed by atoms with Crippen molar-refractivity contribution in [2.75, 3.05) is 0 Å². The lowest BCUT2D eigenvalue weighted by Gasteiger charge is -2.07. The summed E-state index contributed by atoms with van der Waals surface area (Å²) in [6, 6.07) is 0. The van der Waals surface area contributed by atoms with Gasteiger partial charge in [-0.25, -0.2) is 14.7 Å². The molecule has 0 aromatic carbocycles. The maximum Gasteiger partial charge on any atom is 0.335 e. The fourth-order valence-electron chi connectivity index (χ4n) is 0.424. The Morgan fingerprint density at radius 1 is 1.19 bits per heavy atom. The van der Waals surface area contributed by atoms with Crippen molar-refractivity contribution >= 4 is 24.6 Å². The van der Waals surface area contributed by atoms with E-state index in [2.05, 4.69) is 33.3 Å². The Morgan fingerprint density at radius 3 is 1.75 bits per heavy atom. The molecule has 10 nitrogen and oxygen atoms in total. The van der Waals surface area contributed by atoms with Crippen LogP contribution in [0.4, 0.5) is 0 Å². The number of tetrazole rings is 1. The highest BCUT2D eigenvalue weighted by Crippen LogP contribution is 1.92. The number of aliphatic hydroxyl groups is 2. The molecule has 2 atom stereocenters. The third kappa shape index (κ3) is 5.23. The van der Waals surface area contributed by atoms with Crippen LogP contribution in [-0.4, -0.2) is 65.2 Å². The zero-order valence-corrected chi connectivity index (χ0v) is 8.44. The zero-order valence-electron chi connectivity index (χ0n) is 7.55. The van der Waals surface area contributed by atoms with Crippen molar-refractivity contribution in [2.45, 2.75) is 17.4 Å². The summed E-state index contributed by atoms with van der Waals surface area (Å²) in [6.07, 6.45) is -4.53. The minimum Gasteiger partial charge on any atom is -0.479 e. The number of aliphatic carboxylic acids is 2. The molecule has 0 aliphatic carbocycles. The van der Waals surface area contributed by atoms with Gasteiger partial charge in [-0.15, -0.1) is 17.7 Å². The Bertz CT molecular complexity index is 325. The van der Waals surface area contributed by atoms with Gasteiger partial charge in [0.1, 0.15) is 0 Å². The van der Waals surface area contributed by atoms with E-state index in [0.29, 0.717) is 5.16 Å². The molecule has 11 heteroatoms. The van der Waals surface area contributed by atoms with Crippen LogP contribution in [0.3, 0.4) is 0 Å². The highest BCUT2D eigenvalue weighted by Gasteiger charge is 2.29. The predicted molar refractivity (Wildman–Crippen MR) is 48.7 cm³/mol. The van der Waals surface area contributed by atoms with Gasteiger partial charge >= 0.3 is 11.9 Å². The average molecular weight is 252 g/mol. The number of aliphatic hydroxyl groups excluding tert-OH is 2. The molecule has 0 spiro atoms. The van der Waals surface area contributed by atoms with Crippen LogP contribution in [0.25, 0.3) is 0 Å². The Morgan fingerprint density at radius 2 is 1.62 bits per heavy atom. The lowest BCUT2D eigenvalue weighted by Crippen LogP contribution is -2.39. The number of nitrogens with one attached hydrogen (secondary N) is 1. The summed E-state index contributed by atoms with van der Waals surface area (Å²) in [5.74, 6) is -3.54. The van der Waals surface area contributed by atoms with Crippen molar-refractivity contribution in [2.24, 2.45) is 0 Å². The summed E-state index contributed by atoms with van der Waals surface area (Å²) in [6.45, 7) is 0. The molecule has 2 unspecified atom stereocenters. The van der Waals surface area contributed by atoms with Crippen molar-refractivity contribution in [3.8, 4) is 0 Å². The third-order valence-electron chi connectivity index (χ3n) is 1.14. The molecule has 0 amide bonds. The number of carboxylic acid groups (broad SMARTS) is 2. The summed E-state index contributed by atoms with van der Waals surface area (Å²) in [7, 11) is 0. The summed E-state index contributed by atoms with van der Waals surface area (Å²) in [4.78, 5) is 19.5. The van der Waals surface area contributed by atoms with Gasteiger partial charge in [-0.3, -0.25) is 0 Å². The van der Waals surface area contributed by atoms with Gasteiger partial charge in [0.05, 0.1) is 0 Å². The standard InChI is InChI=1S/C4H6O6.CH2N4S/c5-1(3(7)8)2(6)4(9)10;6-1-2-4-5-3-1/h1-2,5-6H,(H,7,8)(H,9,10);(H2,2,3,4,5,6). The molecule has 0 bridgehead atoms. The Labute approximate surface area is 93.3 Å². The molecule has 1 heterocycles. The molecule has 90 valence electrons. The Balaban J connectivity index is 0.000000315. The van der Waals surface area contributed by atoms with Crippen LogP contribution in [0.15, 0.2) is 5.16 Å². The van der Waals surface area contributed by atoms with E-state index in [1.54, 1.807) is 0 Å². The molecule has 0 saturated heterocycles. The highest BCUT2D eigenvalue weighted by molar-refractivity contribution is 7.80. The molecule has 0 aliphatic rings. The van der Waals surface area contributed by atoms with E-state index in [-0.39, 0.29) is 0 Å². The van der Waals surface area contributed by atoms with Gasteiger partial charge in [0.25, 0.3) is 0 Å². The van der Waals surface area contributed by atoms with Crippen molar-refractivity contribution in [1.82, 2.24) is 20.6 Å². The number of H-pyrrole nitrogens is 1. The lowest BCUT2D eigenvalue weighted by atomic mass is 10.2. The number of hydrogen-bond donors (Lipinski definition) is 6. The second-order valence-electron chi connectivity index (χ2n) is 2.29. The van der Waals surface area contributed by atoms with Crippen LogP contribution in [0.5, 0.6) is 0 Å². The van der Waals surface area contributed by atoms with Gasteiger partial charge in [0.2, 0.25) is 5.16 Å². The van der Waals surface area contributed by atoms with E-state index in [4.69, 9.17) is 20.4 Å². The second kappa shape index (κ2) is 6.71. The van der Waals surface area contributed by atoms with Crippen molar-refractivity contribution in [1.29, 1.82) is 0 Å². The third-order valence-corrected chi connectivity index (χ3v) is 1.33. The van der Waals surface area contributed by atoms with Gasteiger partial charge < -0.3 is 20.4 Å². The number of carbonyl (C=O) groups is 2. The second-order valence-corrected chi connectivity index (χ2v) is 2.71. The molecule has 5 N–H and O–H groups in total. The zero-order chi connectivity index (χ0) is 12.7. The number of aromatic amines is 1. The topological polar surface area (TPSA) is 170 Å². The van der Waals surface area contributed by atoms with E-state index >= 15 is 0 Å². The van der Waals surface area contributed by atoms with Gasteiger partial charge in [0.15, 0.2) is 12.2 Å². The number of aromatic nitrogens is 4. The minimum atomic E-state index is -2.27. The smallest absolute Gasteiger partial charge is 0.335 e. The van der Waals surface area contributed by atoms with Gasteiger partial charge in [0, 0.05) is 0 Å². The first-order valence-corrected chi connectivity index (χ1v) is 4.05. The normalized spacial score (nSPS) is 13.2. The number of thiol groups is 1. The summed E-state index contributed by atoms with van der Waals surface area (Å²) in [5, 5.41) is 45.2. The summed E-state index contributed by atoms with van der Waals surface area (Å²) in [5.41, 5.74) is 0. The number of hydrogen-bond acceptors (Lipinski definition) is 8. The fourth-order valence-corrected chi connectivity index (χ4v) is 0.509. The molecule has 1 aromatic rings. The van der Waals surface area contributed by atoms with Crippen LogP contribution in [0, 0.1) is 0 Å². The molecule has 0 fully saturated rings. The molecule has 0 aliphatic heterocycles. The number of rotatable bonds is 3. The maximum atomic E-state index is 9.77.